The number of benzene rings is 1. The molecule has 184 valence electrons. The van der Waals surface area contributed by atoms with Crippen molar-refractivity contribution in [2.24, 2.45) is 17.6 Å². The average molecular weight is 495 g/mol. The van der Waals surface area contributed by atoms with E-state index in [1.807, 2.05) is 13.8 Å². The molecule has 3 atom stereocenters. The van der Waals surface area contributed by atoms with Gasteiger partial charge in [0.1, 0.15) is 11.9 Å². The molecule has 0 spiro atoms. The fraction of sp³-hybridized carbons (Fsp3) is 0.435. The van der Waals surface area contributed by atoms with E-state index in [1.54, 1.807) is 0 Å². The minimum atomic E-state index is -1.30. The van der Waals surface area contributed by atoms with Crippen molar-refractivity contribution >= 4 is 47.1 Å². The third kappa shape index (κ3) is 7.95. The first-order chi connectivity index (χ1) is 16.0. The lowest BCUT2D eigenvalue weighted by molar-refractivity contribution is -0.139. The van der Waals surface area contributed by atoms with E-state index in [0.717, 1.165) is 12.1 Å². The maximum absolute atomic E-state index is 13.9. The molecule has 0 bridgehead atoms. The summed E-state index contributed by atoms with van der Waals surface area (Å²) in [5, 5.41) is 7.83. The fourth-order valence-electron chi connectivity index (χ4n) is 3.55. The highest BCUT2D eigenvalue weighted by molar-refractivity contribution is 6.38. The minimum Gasteiger partial charge on any atom is -0.363 e. The predicted octanol–water partition coefficient (Wildman–Crippen LogP) is 1.09. The van der Waals surface area contributed by atoms with E-state index in [9.17, 15) is 28.4 Å². The van der Waals surface area contributed by atoms with Gasteiger partial charge in [-0.05, 0) is 43.4 Å². The summed E-state index contributed by atoms with van der Waals surface area (Å²) in [5.41, 5.74) is 5.25. The van der Waals surface area contributed by atoms with E-state index in [2.05, 4.69) is 16.0 Å². The second-order valence-corrected chi connectivity index (χ2v) is 8.93. The molecule has 1 fully saturated rings. The molecule has 34 heavy (non-hydrogen) atoms. The molecule has 1 saturated heterocycles. The van der Waals surface area contributed by atoms with E-state index >= 15 is 0 Å². The van der Waals surface area contributed by atoms with Crippen LogP contribution in [0.4, 0.5) is 4.39 Å². The van der Waals surface area contributed by atoms with E-state index in [4.69, 9.17) is 17.3 Å². The first kappa shape index (κ1) is 27.0. The molecule has 1 aliphatic rings. The summed E-state index contributed by atoms with van der Waals surface area (Å²) in [7, 11) is 0. The first-order valence-electron chi connectivity index (χ1n) is 10.8. The molecule has 9 nitrogen and oxygen atoms in total. The van der Waals surface area contributed by atoms with Gasteiger partial charge in [-0.25, -0.2) is 4.39 Å². The van der Waals surface area contributed by atoms with Gasteiger partial charge >= 0.3 is 0 Å². The lowest BCUT2D eigenvalue weighted by Crippen LogP contribution is -2.54. The Morgan fingerprint density at radius 3 is 2.50 bits per heavy atom. The number of rotatable bonds is 11. The summed E-state index contributed by atoms with van der Waals surface area (Å²) in [4.78, 5) is 61.0. The Kier molecular flexibility index (Phi) is 9.73. The van der Waals surface area contributed by atoms with Crippen LogP contribution in [0.1, 0.15) is 38.7 Å². The van der Waals surface area contributed by atoms with Gasteiger partial charge in [-0.15, -0.1) is 0 Å². The molecule has 2 rings (SSSR count). The maximum atomic E-state index is 13.9. The van der Waals surface area contributed by atoms with Gasteiger partial charge in [0.15, 0.2) is 0 Å². The zero-order valence-corrected chi connectivity index (χ0v) is 19.7. The molecule has 4 amide bonds. The summed E-state index contributed by atoms with van der Waals surface area (Å²) < 4.78 is 13.9. The van der Waals surface area contributed by atoms with E-state index in [0.29, 0.717) is 13.0 Å². The van der Waals surface area contributed by atoms with Gasteiger partial charge in [0.25, 0.3) is 5.91 Å². The van der Waals surface area contributed by atoms with Crippen molar-refractivity contribution in [1.82, 2.24) is 16.0 Å². The van der Waals surface area contributed by atoms with Gasteiger partial charge in [-0.2, -0.15) is 0 Å². The van der Waals surface area contributed by atoms with E-state index in [-0.39, 0.29) is 35.3 Å². The van der Waals surface area contributed by atoms with Crippen LogP contribution in [0.2, 0.25) is 5.02 Å². The molecular weight excluding hydrogens is 467 g/mol. The number of Topliss-reactive ketones (excluding diaryl/α,β-unsaturated/α-hetero) is 1. The molecular formula is C23H28ClFN4O5. The van der Waals surface area contributed by atoms with Crippen LogP contribution in [-0.4, -0.2) is 48.0 Å². The van der Waals surface area contributed by atoms with E-state index < -0.39 is 47.3 Å². The van der Waals surface area contributed by atoms with Gasteiger partial charge in [0, 0.05) is 29.1 Å². The normalized spacial score (nSPS) is 17.3. The van der Waals surface area contributed by atoms with Gasteiger partial charge in [-0.1, -0.05) is 31.5 Å². The smallest absolute Gasteiger partial charge is 0.287 e. The molecule has 2 unspecified atom stereocenters. The van der Waals surface area contributed by atoms with Crippen LogP contribution in [0.15, 0.2) is 24.3 Å². The summed E-state index contributed by atoms with van der Waals surface area (Å²) in [5.74, 6) is -5.08. The van der Waals surface area contributed by atoms with Crippen molar-refractivity contribution < 1.29 is 28.4 Å². The predicted molar refractivity (Wildman–Crippen MR) is 124 cm³/mol. The number of amides is 4. The SMILES string of the molecule is CC(C)CC(NC(=O)/C=C/c1ccc(Cl)cc1F)C(=O)NC(C[C@@H]1CCNC1=O)C(=O)C(N)=O. The Morgan fingerprint density at radius 2 is 1.94 bits per heavy atom. The largest absolute Gasteiger partial charge is 0.363 e. The molecule has 1 aromatic rings. The monoisotopic (exact) mass is 494 g/mol. The van der Waals surface area contributed by atoms with Crippen LogP contribution < -0.4 is 21.7 Å². The van der Waals surface area contributed by atoms with Gasteiger partial charge in [0.2, 0.25) is 23.5 Å². The van der Waals surface area contributed by atoms with Crippen molar-refractivity contribution in [2.45, 2.75) is 45.2 Å². The van der Waals surface area contributed by atoms with Crippen LogP contribution in [0, 0.1) is 17.7 Å². The Hall–Kier alpha value is -3.27. The number of primary amides is 1. The topological polar surface area (TPSA) is 147 Å². The van der Waals surface area contributed by atoms with Crippen molar-refractivity contribution in [3.05, 3.63) is 40.7 Å². The zero-order valence-electron chi connectivity index (χ0n) is 18.9. The van der Waals surface area contributed by atoms with Crippen molar-refractivity contribution in [1.29, 1.82) is 0 Å². The fourth-order valence-corrected chi connectivity index (χ4v) is 3.71. The maximum Gasteiger partial charge on any atom is 0.287 e. The van der Waals surface area contributed by atoms with Gasteiger partial charge < -0.3 is 21.7 Å². The van der Waals surface area contributed by atoms with Crippen LogP contribution in [0.3, 0.4) is 0 Å². The molecule has 1 heterocycles. The van der Waals surface area contributed by atoms with Crippen LogP contribution in [0.25, 0.3) is 6.08 Å². The van der Waals surface area contributed by atoms with Crippen molar-refractivity contribution in [3.63, 3.8) is 0 Å². The van der Waals surface area contributed by atoms with Crippen LogP contribution in [-0.2, 0) is 24.0 Å². The molecule has 0 radical (unpaired) electrons. The highest BCUT2D eigenvalue weighted by atomic mass is 35.5. The quantitative estimate of drug-likeness (QED) is 0.268. The number of halogens is 2. The van der Waals surface area contributed by atoms with Crippen LogP contribution >= 0.6 is 11.6 Å². The number of hydrogen-bond acceptors (Lipinski definition) is 5. The Labute approximate surface area is 201 Å². The third-order valence-electron chi connectivity index (χ3n) is 5.28. The molecule has 1 aromatic carbocycles. The summed E-state index contributed by atoms with van der Waals surface area (Å²) >= 11 is 5.71. The zero-order chi connectivity index (χ0) is 25.4. The molecule has 0 saturated carbocycles. The summed E-state index contributed by atoms with van der Waals surface area (Å²) in [6, 6.07) is 1.63. The number of nitrogens with one attached hydrogen (secondary N) is 3. The molecule has 0 aliphatic carbocycles. The number of hydrogen-bond donors (Lipinski definition) is 4. The first-order valence-corrected chi connectivity index (χ1v) is 11.2. The lowest BCUT2D eigenvalue weighted by Gasteiger charge is -2.24. The van der Waals surface area contributed by atoms with Gasteiger partial charge in [0.05, 0.1) is 6.04 Å². The summed E-state index contributed by atoms with van der Waals surface area (Å²) in [6.07, 6.45) is 2.90. The standard InChI is InChI=1S/C23H28ClFN4O5/c1-12(2)9-18(28-19(30)6-4-13-3-5-15(24)11-16(13)25)23(34)29-17(20(31)21(26)32)10-14-7-8-27-22(14)33/h3-6,11-12,14,17-18H,7-10H2,1-2H3,(H2,26,32)(H,27,33)(H,28,30)(H,29,34)/b6-4+/t14-,17?,18?/m0/s1. The lowest BCUT2D eigenvalue weighted by atomic mass is 9.94. The third-order valence-corrected chi connectivity index (χ3v) is 5.51. The molecule has 5 N–H and O–H groups in total. The number of carbonyl (C=O) groups excluding carboxylic acids is 5. The Morgan fingerprint density at radius 1 is 1.24 bits per heavy atom. The molecule has 0 aromatic heterocycles. The van der Waals surface area contributed by atoms with Crippen molar-refractivity contribution in [3.8, 4) is 0 Å². The van der Waals surface area contributed by atoms with Crippen molar-refractivity contribution in [2.75, 3.05) is 6.54 Å². The second-order valence-electron chi connectivity index (χ2n) is 8.49. The van der Waals surface area contributed by atoms with Crippen LogP contribution in [0.5, 0.6) is 0 Å². The number of nitrogens with two attached hydrogens (primary N) is 1. The molecule has 11 heteroatoms. The average Bonchev–Trinajstić information content (AvgIpc) is 3.15. The van der Waals surface area contributed by atoms with Gasteiger partial charge in [-0.3, -0.25) is 24.0 Å². The minimum absolute atomic E-state index is 0.0142. The summed E-state index contributed by atoms with van der Waals surface area (Å²) in [6.45, 7) is 4.10. The molecule has 1 aliphatic heterocycles. The number of carbonyl (C=O) groups is 5. The highest BCUT2D eigenvalue weighted by Crippen LogP contribution is 2.18. The second kappa shape index (κ2) is 12.3. The number of ketones is 1. The Balaban J connectivity index is 2.12. The Bertz CT molecular complexity index is 998. The highest BCUT2D eigenvalue weighted by Gasteiger charge is 2.34. The van der Waals surface area contributed by atoms with E-state index in [1.165, 1.54) is 18.2 Å².